The van der Waals surface area contributed by atoms with Gasteiger partial charge in [-0.15, -0.1) is 0 Å². The second-order valence-electron chi connectivity index (χ2n) is 7.24. The molecule has 0 aliphatic heterocycles. The molecule has 7 nitrogen and oxygen atoms in total. The predicted molar refractivity (Wildman–Crippen MR) is 121 cm³/mol. The van der Waals surface area contributed by atoms with Crippen molar-refractivity contribution in [2.45, 2.75) is 13.3 Å². The number of hydrogen-bond donors (Lipinski definition) is 1. The Labute approximate surface area is 189 Å². The van der Waals surface area contributed by atoms with Gasteiger partial charge in [0.2, 0.25) is 0 Å². The first-order chi connectivity index (χ1) is 16.0. The van der Waals surface area contributed by atoms with E-state index in [-0.39, 0.29) is 18.0 Å². The normalized spacial score (nSPS) is 11.5. The molecule has 1 aromatic heterocycles. The predicted octanol–water partition coefficient (Wildman–Crippen LogP) is 5.54. The molecule has 168 valence electrons. The van der Waals surface area contributed by atoms with Gasteiger partial charge in [-0.05, 0) is 53.6 Å². The van der Waals surface area contributed by atoms with Gasteiger partial charge in [0.15, 0.2) is 11.5 Å². The average molecular weight is 448 g/mol. The van der Waals surface area contributed by atoms with Crippen molar-refractivity contribution in [2.75, 3.05) is 13.2 Å². The topological polar surface area (TPSA) is 94.2 Å². The smallest absolute Gasteiger partial charge is 0.336 e. The number of fused-ring (bicyclic) bond motifs is 1. The number of carboxylic acid groups (broad SMARTS) is 1. The van der Waals surface area contributed by atoms with Gasteiger partial charge in [0.05, 0.1) is 5.56 Å². The fourth-order valence-corrected chi connectivity index (χ4v) is 3.22. The summed E-state index contributed by atoms with van der Waals surface area (Å²) in [7, 11) is 0. The Balaban J connectivity index is 1.60. The molecule has 0 amide bonds. The molecule has 4 rings (SSSR count). The molecule has 0 saturated heterocycles. The van der Waals surface area contributed by atoms with Crippen LogP contribution in [-0.2, 0) is 4.84 Å². The van der Waals surface area contributed by atoms with Crippen molar-refractivity contribution in [3.8, 4) is 17.0 Å². The highest BCUT2D eigenvalue weighted by molar-refractivity contribution is 6.04. The standard InChI is InChI=1S/C25H21FN2O5/c1-2-11-32-27-23(24-14-22(28-33-24)16-7-9-18(26)10-8-16)15-31-19-12-17-5-3-4-6-20(17)21(13-19)25(29)30/h3-10,12-14H,2,11,15H2,1H3,(H,29,30)/b27-23+. The van der Waals surface area contributed by atoms with E-state index in [4.69, 9.17) is 14.1 Å². The highest BCUT2D eigenvalue weighted by Crippen LogP contribution is 2.26. The third kappa shape index (κ3) is 5.17. The summed E-state index contributed by atoms with van der Waals surface area (Å²) in [5, 5.41) is 19.1. The van der Waals surface area contributed by atoms with Crippen LogP contribution >= 0.6 is 0 Å². The number of benzene rings is 3. The molecule has 1 heterocycles. The maximum absolute atomic E-state index is 13.2. The molecule has 1 N–H and O–H groups in total. The van der Waals surface area contributed by atoms with E-state index in [9.17, 15) is 14.3 Å². The van der Waals surface area contributed by atoms with Crippen molar-refractivity contribution in [3.05, 3.63) is 83.9 Å². The maximum Gasteiger partial charge on any atom is 0.336 e. The van der Waals surface area contributed by atoms with Crippen molar-refractivity contribution in [2.24, 2.45) is 5.16 Å². The minimum absolute atomic E-state index is 0.0425. The maximum atomic E-state index is 13.2. The Bertz CT molecular complexity index is 1300. The van der Waals surface area contributed by atoms with Crippen LogP contribution in [0.5, 0.6) is 5.75 Å². The lowest BCUT2D eigenvalue weighted by Crippen LogP contribution is -2.14. The lowest BCUT2D eigenvalue weighted by molar-refractivity contribution is 0.0698. The van der Waals surface area contributed by atoms with E-state index >= 15 is 0 Å². The summed E-state index contributed by atoms with van der Waals surface area (Å²) < 4.78 is 24.5. The third-order valence-electron chi connectivity index (χ3n) is 4.85. The van der Waals surface area contributed by atoms with Crippen LogP contribution in [0.1, 0.15) is 29.5 Å². The fourth-order valence-electron chi connectivity index (χ4n) is 3.22. The van der Waals surface area contributed by atoms with Crippen molar-refractivity contribution in [1.29, 1.82) is 0 Å². The van der Waals surface area contributed by atoms with Crippen LogP contribution in [0.15, 0.2) is 76.4 Å². The molecule has 0 radical (unpaired) electrons. The van der Waals surface area contributed by atoms with E-state index in [1.165, 1.54) is 18.2 Å². The monoisotopic (exact) mass is 448 g/mol. The zero-order chi connectivity index (χ0) is 23.2. The van der Waals surface area contributed by atoms with Crippen LogP contribution < -0.4 is 4.74 Å². The minimum atomic E-state index is -1.05. The molecule has 8 heteroatoms. The number of aromatic carboxylic acids is 1. The summed E-state index contributed by atoms with van der Waals surface area (Å²) in [6.45, 7) is 2.32. The highest BCUT2D eigenvalue weighted by Gasteiger charge is 2.16. The molecular weight excluding hydrogens is 427 g/mol. The largest absolute Gasteiger partial charge is 0.487 e. The number of nitrogens with zero attached hydrogens (tertiary/aromatic N) is 2. The number of oxime groups is 1. The number of halogens is 1. The lowest BCUT2D eigenvalue weighted by Gasteiger charge is -2.10. The summed E-state index contributed by atoms with van der Waals surface area (Å²) in [5.41, 5.74) is 1.67. The van der Waals surface area contributed by atoms with E-state index in [0.717, 1.165) is 11.8 Å². The Morgan fingerprint density at radius 2 is 1.91 bits per heavy atom. The number of aromatic nitrogens is 1. The Kier molecular flexibility index (Phi) is 6.64. The van der Waals surface area contributed by atoms with Gasteiger partial charge >= 0.3 is 5.97 Å². The third-order valence-corrected chi connectivity index (χ3v) is 4.85. The van der Waals surface area contributed by atoms with Gasteiger partial charge < -0.3 is 19.2 Å². The molecule has 33 heavy (non-hydrogen) atoms. The van der Waals surface area contributed by atoms with Crippen LogP contribution in [0.25, 0.3) is 22.0 Å². The van der Waals surface area contributed by atoms with Gasteiger partial charge in [0, 0.05) is 11.6 Å². The minimum Gasteiger partial charge on any atom is -0.487 e. The Morgan fingerprint density at radius 1 is 1.12 bits per heavy atom. The number of carboxylic acids is 1. The van der Waals surface area contributed by atoms with Crippen molar-refractivity contribution in [1.82, 2.24) is 5.16 Å². The SMILES string of the molecule is CCCO/N=C(\COc1cc(C(=O)O)c2ccccc2c1)c1cc(-c2ccc(F)cc2)no1. The number of ether oxygens (including phenoxy) is 1. The fraction of sp³-hybridized carbons (Fsp3) is 0.160. The van der Waals surface area contributed by atoms with Gasteiger partial charge in [0.25, 0.3) is 0 Å². The van der Waals surface area contributed by atoms with Crippen LogP contribution in [0.3, 0.4) is 0 Å². The van der Waals surface area contributed by atoms with Crippen LogP contribution in [0.2, 0.25) is 0 Å². The molecular formula is C25H21FN2O5. The van der Waals surface area contributed by atoms with Crippen molar-refractivity contribution in [3.63, 3.8) is 0 Å². The van der Waals surface area contributed by atoms with Crippen LogP contribution in [0.4, 0.5) is 4.39 Å². The molecule has 0 saturated carbocycles. The highest BCUT2D eigenvalue weighted by atomic mass is 19.1. The zero-order valence-electron chi connectivity index (χ0n) is 17.8. The quantitative estimate of drug-likeness (QED) is 0.205. The molecule has 0 atom stereocenters. The number of rotatable bonds is 9. The van der Waals surface area contributed by atoms with Crippen molar-refractivity contribution < 1.29 is 28.4 Å². The summed E-state index contributed by atoms with van der Waals surface area (Å²) in [5.74, 6) is -0.699. The van der Waals surface area contributed by atoms with Gasteiger partial charge in [-0.3, -0.25) is 0 Å². The molecule has 4 aromatic rings. The van der Waals surface area contributed by atoms with Crippen molar-refractivity contribution >= 4 is 22.5 Å². The first kappa shape index (κ1) is 22.0. The molecule has 0 aliphatic carbocycles. The molecule has 0 bridgehead atoms. The van der Waals surface area contributed by atoms with E-state index in [0.29, 0.717) is 40.5 Å². The van der Waals surface area contributed by atoms with Gasteiger partial charge in [-0.1, -0.05) is 41.5 Å². The van der Waals surface area contributed by atoms with Crippen LogP contribution in [0, 0.1) is 5.82 Å². The summed E-state index contributed by atoms with van der Waals surface area (Å²) in [4.78, 5) is 17.0. The van der Waals surface area contributed by atoms with Gasteiger partial charge in [-0.25, -0.2) is 9.18 Å². The Morgan fingerprint density at radius 3 is 2.67 bits per heavy atom. The van der Waals surface area contributed by atoms with Gasteiger partial charge in [0.1, 0.15) is 30.5 Å². The summed E-state index contributed by atoms with van der Waals surface area (Å²) in [6, 6.07) is 17.9. The summed E-state index contributed by atoms with van der Waals surface area (Å²) in [6.07, 6.45) is 0.765. The van der Waals surface area contributed by atoms with Crippen LogP contribution in [-0.4, -0.2) is 35.2 Å². The molecule has 0 aliphatic rings. The molecule has 3 aromatic carbocycles. The number of carbonyl (C=O) groups is 1. The molecule has 0 unspecified atom stereocenters. The second-order valence-corrected chi connectivity index (χ2v) is 7.24. The van der Waals surface area contributed by atoms with Gasteiger partial charge in [-0.2, -0.15) is 0 Å². The second kappa shape index (κ2) is 9.95. The molecule has 0 spiro atoms. The van der Waals surface area contributed by atoms with E-state index in [1.54, 1.807) is 36.4 Å². The lowest BCUT2D eigenvalue weighted by atomic mass is 10.0. The Hall–Kier alpha value is -4.20. The van der Waals surface area contributed by atoms with E-state index in [1.807, 2.05) is 19.1 Å². The number of hydrogen-bond acceptors (Lipinski definition) is 6. The average Bonchev–Trinajstić information content (AvgIpc) is 3.31. The first-order valence-electron chi connectivity index (χ1n) is 10.4. The van der Waals surface area contributed by atoms with E-state index in [2.05, 4.69) is 10.3 Å². The van der Waals surface area contributed by atoms with E-state index < -0.39 is 5.97 Å². The zero-order valence-corrected chi connectivity index (χ0v) is 17.8. The first-order valence-corrected chi connectivity index (χ1v) is 10.4. The molecule has 0 fully saturated rings. The summed E-state index contributed by atoms with van der Waals surface area (Å²) >= 11 is 0.